The molecule has 0 saturated heterocycles. The molecule has 0 aliphatic carbocycles. The monoisotopic (exact) mass is 534 g/mol. The number of anilines is 2. The second-order valence-electron chi connectivity index (χ2n) is 8.04. The summed E-state index contributed by atoms with van der Waals surface area (Å²) in [6, 6.07) is 4.98. The van der Waals surface area contributed by atoms with E-state index >= 15 is 0 Å². The molecule has 0 radical (unpaired) electrons. The Bertz CT molecular complexity index is 1630. The number of nitrogens with zero attached hydrogens (tertiary/aromatic N) is 3. The Morgan fingerprint density at radius 3 is 2.54 bits per heavy atom. The van der Waals surface area contributed by atoms with Gasteiger partial charge in [-0.05, 0) is 47.7 Å². The van der Waals surface area contributed by atoms with E-state index in [0.29, 0.717) is 12.1 Å². The first-order chi connectivity index (χ1) is 17.4. The zero-order valence-corrected chi connectivity index (χ0v) is 18.9. The zero-order chi connectivity index (χ0) is 26.6. The number of carbonyl (C=O) groups excluding carboxylic acids is 2. The lowest BCUT2D eigenvalue weighted by Gasteiger charge is -2.19. The molecule has 0 spiro atoms. The van der Waals surface area contributed by atoms with Crippen LogP contribution in [0.2, 0.25) is 5.02 Å². The number of carbonyl (C=O) groups is 2. The molecule has 4 N–H and O–H groups in total. The van der Waals surface area contributed by atoms with E-state index in [-0.39, 0.29) is 50.2 Å². The van der Waals surface area contributed by atoms with Crippen LogP contribution in [0.15, 0.2) is 42.5 Å². The number of hydrogen-bond acceptors (Lipinski definition) is 6. The van der Waals surface area contributed by atoms with Gasteiger partial charge in [-0.3, -0.25) is 9.59 Å². The lowest BCUT2D eigenvalue weighted by Crippen LogP contribution is -2.21. The third-order valence-corrected chi connectivity index (χ3v) is 6.05. The van der Waals surface area contributed by atoms with Gasteiger partial charge in [-0.2, -0.15) is 13.2 Å². The van der Waals surface area contributed by atoms with Gasteiger partial charge in [0, 0.05) is 32.8 Å². The molecule has 14 heteroatoms. The van der Waals surface area contributed by atoms with E-state index in [9.17, 15) is 31.5 Å². The van der Waals surface area contributed by atoms with Crippen LogP contribution in [0.4, 0.5) is 33.5 Å². The quantitative estimate of drug-likeness (QED) is 0.329. The van der Waals surface area contributed by atoms with Crippen molar-refractivity contribution in [3.05, 3.63) is 86.9 Å². The standard InChI is InChI=1S/C23H12ClF5N6O2/c24-14-2-1-10(25)6-12(14)18-16-15(7-13-19(17(16)22(37)32-18)33-35-34-20(13)30)31-21(36)8-3-9(23(27,28)29)5-11(26)4-8/h1-7,18H,(H,31,36)(H,32,37)(H2,30,33,34). The molecule has 4 aromatic rings. The maximum atomic E-state index is 14.1. The smallest absolute Gasteiger partial charge is 0.382 e. The summed E-state index contributed by atoms with van der Waals surface area (Å²) in [5.74, 6) is -3.92. The van der Waals surface area contributed by atoms with Crippen LogP contribution in [0, 0.1) is 11.6 Å². The number of benzene rings is 3. The Kier molecular flexibility index (Phi) is 5.67. The zero-order valence-electron chi connectivity index (χ0n) is 18.1. The summed E-state index contributed by atoms with van der Waals surface area (Å²) in [4.78, 5) is 26.0. The van der Waals surface area contributed by atoms with Crippen LogP contribution >= 0.6 is 11.6 Å². The fourth-order valence-corrected chi connectivity index (χ4v) is 4.34. The normalized spacial score (nSPS) is 15.0. The molecule has 1 aromatic heterocycles. The van der Waals surface area contributed by atoms with Gasteiger partial charge in [0.1, 0.15) is 17.2 Å². The molecule has 1 unspecified atom stereocenters. The summed E-state index contributed by atoms with van der Waals surface area (Å²) in [7, 11) is 0. The largest absolute Gasteiger partial charge is 0.416 e. The van der Waals surface area contributed by atoms with Crippen molar-refractivity contribution in [2.45, 2.75) is 12.2 Å². The highest BCUT2D eigenvalue weighted by molar-refractivity contribution is 6.31. The minimum absolute atomic E-state index is 0.0122. The second kappa shape index (κ2) is 8.62. The van der Waals surface area contributed by atoms with Gasteiger partial charge in [0.05, 0.1) is 17.2 Å². The topological polar surface area (TPSA) is 123 Å². The van der Waals surface area contributed by atoms with E-state index in [1.54, 1.807) is 0 Å². The number of hydrogen-bond donors (Lipinski definition) is 3. The van der Waals surface area contributed by atoms with Crippen molar-refractivity contribution in [1.29, 1.82) is 0 Å². The van der Waals surface area contributed by atoms with Crippen LogP contribution in [0.25, 0.3) is 10.9 Å². The predicted molar refractivity (Wildman–Crippen MR) is 122 cm³/mol. The van der Waals surface area contributed by atoms with E-state index in [1.165, 1.54) is 12.1 Å². The molecule has 1 aliphatic heterocycles. The molecule has 37 heavy (non-hydrogen) atoms. The molecule has 1 aliphatic rings. The maximum absolute atomic E-state index is 14.1. The summed E-state index contributed by atoms with van der Waals surface area (Å²) < 4.78 is 67.5. The molecule has 0 fully saturated rings. The van der Waals surface area contributed by atoms with Gasteiger partial charge in [0.15, 0.2) is 5.82 Å². The first kappa shape index (κ1) is 24.3. The number of halogens is 6. The molecule has 8 nitrogen and oxygen atoms in total. The van der Waals surface area contributed by atoms with Crippen LogP contribution in [-0.2, 0) is 6.18 Å². The molecule has 188 valence electrons. The van der Waals surface area contributed by atoms with Crippen molar-refractivity contribution in [3.8, 4) is 0 Å². The first-order valence-corrected chi connectivity index (χ1v) is 10.7. The Morgan fingerprint density at radius 2 is 1.81 bits per heavy atom. The second-order valence-corrected chi connectivity index (χ2v) is 8.44. The van der Waals surface area contributed by atoms with E-state index in [0.717, 1.165) is 12.1 Å². The minimum Gasteiger partial charge on any atom is -0.382 e. The number of nitrogens with two attached hydrogens (primary N) is 1. The van der Waals surface area contributed by atoms with E-state index in [4.69, 9.17) is 17.3 Å². The summed E-state index contributed by atoms with van der Waals surface area (Å²) in [6.07, 6.45) is -4.91. The Morgan fingerprint density at radius 1 is 1.05 bits per heavy atom. The van der Waals surface area contributed by atoms with Crippen LogP contribution in [0.3, 0.4) is 0 Å². The molecule has 0 bridgehead atoms. The van der Waals surface area contributed by atoms with Crippen LogP contribution in [0.5, 0.6) is 0 Å². The molecule has 0 saturated carbocycles. The van der Waals surface area contributed by atoms with Gasteiger partial charge >= 0.3 is 6.18 Å². The molecular weight excluding hydrogens is 523 g/mol. The SMILES string of the molecule is Nc1nnnc2c3c(c(NC(=O)c4cc(F)cc(C(F)(F)F)c4)cc12)C(c1cc(F)ccc1Cl)NC3=O. The Hall–Kier alpha value is -4.39. The van der Waals surface area contributed by atoms with Crippen LogP contribution < -0.4 is 16.4 Å². The number of rotatable bonds is 3. The summed E-state index contributed by atoms with van der Waals surface area (Å²) in [6.45, 7) is 0. The highest BCUT2D eigenvalue weighted by Crippen LogP contribution is 2.43. The lowest BCUT2D eigenvalue weighted by molar-refractivity contribution is -0.137. The van der Waals surface area contributed by atoms with E-state index in [1.807, 2.05) is 0 Å². The fraction of sp³-hybridized carbons (Fsp3) is 0.0870. The van der Waals surface area contributed by atoms with Gasteiger partial charge in [0.2, 0.25) is 0 Å². The van der Waals surface area contributed by atoms with Gasteiger partial charge < -0.3 is 16.4 Å². The summed E-state index contributed by atoms with van der Waals surface area (Å²) in [5.41, 5.74) is 3.90. The van der Waals surface area contributed by atoms with Gasteiger partial charge in [-0.1, -0.05) is 11.6 Å². The van der Waals surface area contributed by atoms with Crippen molar-refractivity contribution in [1.82, 2.24) is 20.7 Å². The van der Waals surface area contributed by atoms with Crippen LogP contribution in [-0.4, -0.2) is 27.2 Å². The van der Waals surface area contributed by atoms with Crippen molar-refractivity contribution in [2.24, 2.45) is 0 Å². The number of fused-ring (bicyclic) bond motifs is 3. The first-order valence-electron chi connectivity index (χ1n) is 10.3. The number of aromatic nitrogens is 3. The third-order valence-electron chi connectivity index (χ3n) is 5.71. The predicted octanol–water partition coefficient (Wildman–Crippen LogP) is 4.64. The van der Waals surface area contributed by atoms with Crippen molar-refractivity contribution < 1.29 is 31.5 Å². The summed E-state index contributed by atoms with van der Waals surface area (Å²) in [5, 5.41) is 16.2. The van der Waals surface area contributed by atoms with Crippen molar-refractivity contribution >= 4 is 45.8 Å². The summed E-state index contributed by atoms with van der Waals surface area (Å²) >= 11 is 6.25. The van der Waals surface area contributed by atoms with E-state index in [2.05, 4.69) is 26.0 Å². The van der Waals surface area contributed by atoms with Gasteiger partial charge in [-0.15, -0.1) is 10.2 Å². The van der Waals surface area contributed by atoms with Gasteiger partial charge in [0.25, 0.3) is 11.8 Å². The highest BCUT2D eigenvalue weighted by atomic mass is 35.5. The van der Waals surface area contributed by atoms with Gasteiger partial charge in [-0.25, -0.2) is 8.78 Å². The average Bonchev–Trinajstić information content (AvgIpc) is 3.18. The Balaban J connectivity index is 1.70. The molecule has 3 aromatic carbocycles. The number of nitrogen functional groups attached to an aromatic ring is 1. The average molecular weight is 535 g/mol. The molecule has 2 heterocycles. The number of amides is 2. The number of alkyl halides is 3. The maximum Gasteiger partial charge on any atom is 0.416 e. The Labute approximate surface area is 208 Å². The lowest BCUT2D eigenvalue weighted by atomic mass is 9.94. The van der Waals surface area contributed by atoms with Crippen molar-refractivity contribution in [3.63, 3.8) is 0 Å². The molecule has 2 amide bonds. The third kappa shape index (κ3) is 4.27. The minimum atomic E-state index is -4.91. The molecule has 1 atom stereocenters. The molecular formula is C23H12ClF5N6O2. The molecule has 5 rings (SSSR count). The van der Waals surface area contributed by atoms with Crippen LogP contribution in [0.1, 0.15) is 43.4 Å². The number of nitrogens with one attached hydrogen (secondary N) is 2. The highest BCUT2D eigenvalue weighted by Gasteiger charge is 2.37. The fourth-order valence-electron chi connectivity index (χ4n) is 4.11. The van der Waals surface area contributed by atoms with Crippen molar-refractivity contribution in [2.75, 3.05) is 11.1 Å². The van der Waals surface area contributed by atoms with E-state index < -0.39 is 46.8 Å².